The quantitative estimate of drug-likeness (QED) is 0.384. The first-order chi connectivity index (χ1) is 10.4. The van der Waals surface area contributed by atoms with Crippen molar-refractivity contribution in [2.45, 2.75) is 31.3 Å². The zero-order valence-corrected chi connectivity index (χ0v) is 11.3. The molecule has 22 heavy (non-hydrogen) atoms. The highest BCUT2D eigenvalue weighted by atomic mass is 16.6. The largest absolute Gasteiger partial charge is 0.379 e. The maximum absolute atomic E-state index is 12.4. The molecule has 0 spiro atoms. The van der Waals surface area contributed by atoms with Crippen LogP contribution < -0.4 is 5.32 Å². The number of nitro groups is 1. The van der Waals surface area contributed by atoms with Crippen molar-refractivity contribution in [1.29, 1.82) is 0 Å². The summed E-state index contributed by atoms with van der Waals surface area (Å²) in [6.45, 7) is 0. The van der Waals surface area contributed by atoms with Crippen LogP contribution in [0, 0.1) is 10.1 Å². The molecule has 0 saturated carbocycles. The van der Waals surface area contributed by atoms with Crippen LogP contribution in [0.2, 0.25) is 0 Å². The first-order valence-electron chi connectivity index (χ1n) is 6.68. The molecule has 2 aliphatic rings. The van der Waals surface area contributed by atoms with Crippen molar-refractivity contribution >= 4 is 17.5 Å². The minimum Gasteiger partial charge on any atom is -0.379 e. The molecule has 9 nitrogen and oxygen atoms in total. The number of rotatable bonds is 2. The fourth-order valence-electron chi connectivity index (χ4n) is 2.81. The summed E-state index contributed by atoms with van der Waals surface area (Å²) in [5.41, 5.74) is -0.245. The van der Waals surface area contributed by atoms with Gasteiger partial charge < -0.3 is 10.2 Å². The third-order valence-corrected chi connectivity index (χ3v) is 3.91. The Hall–Kier alpha value is -2.36. The lowest BCUT2D eigenvalue weighted by Gasteiger charge is -2.36. The number of aliphatic hydroxyl groups is 2. The fraction of sp³-hybridized carbons (Fsp3) is 0.385. The number of non-ortho nitro benzene ring substituents is 1. The molecule has 3 unspecified atom stereocenters. The number of nitrogens with one attached hydrogen (secondary N) is 1. The van der Waals surface area contributed by atoms with E-state index in [4.69, 9.17) is 0 Å². The number of piperidine rings is 1. The molecule has 2 aliphatic heterocycles. The Kier molecular flexibility index (Phi) is 3.39. The van der Waals surface area contributed by atoms with Crippen molar-refractivity contribution in [3.05, 3.63) is 39.4 Å². The summed E-state index contributed by atoms with van der Waals surface area (Å²) >= 11 is 0. The number of nitrogens with zero attached hydrogens (tertiary/aromatic N) is 2. The number of imide groups is 1. The third-order valence-electron chi connectivity index (χ3n) is 3.91. The molecule has 2 amide bonds. The van der Waals surface area contributed by atoms with Crippen molar-refractivity contribution in [3.63, 3.8) is 0 Å². The van der Waals surface area contributed by atoms with Crippen molar-refractivity contribution in [1.82, 2.24) is 10.2 Å². The van der Waals surface area contributed by atoms with Gasteiger partial charge in [-0.3, -0.25) is 29.9 Å². The van der Waals surface area contributed by atoms with Crippen molar-refractivity contribution in [2.24, 2.45) is 0 Å². The normalized spacial score (nSPS) is 27.9. The first kappa shape index (κ1) is 14.6. The number of carbonyl (C=O) groups excluding carboxylic acids is 2. The summed E-state index contributed by atoms with van der Waals surface area (Å²) in [5, 5.41) is 32.6. The van der Waals surface area contributed by atoms with Crippen LogP contribution in [-0.4, -0.2) is 50.3 Å². The van der Waals surface area contributed by atoms with Gasteiger partial charge in [-0.25, -0.2) is 0 Å². The van der Waals surface area contributed by atoms with E-state index in [0.29, 0.717) is 0 Å². The summed E-state index contributed by atoms with van der Waals surface area (Å²) in [6.07, 6.45) is -1.64. The van der Waals surface area contributed by atoms with Gasteiger partial charge in [0.05, 0.1) is 22.1 Å². The highest BCUT2D eigenvalue weighted by molar-refractivity contribution is 6.21. The van der Waals surface area contributed by atoms with Crippen LogP contribution in [0.4, 0.5) is 5.69 Å². The van der Waals surface area contributed by atoms with Gasteiger partial charge in [0.2, 0.25) is 0 Å². The highest BCUT2D eigenvalue weighted by Crippen LogP contribution is 2.31. The van der Waals surface area contributed by atoms with Gasteiger partial charge >= 0.3 is 0 Å². The van der Waals surface area contributed by atoms with E-state index in [-0.39, 0.29) is 29.7 Å². The Morgan fingerprint density at radius 1 is 1.18 bits per heavy atom. The molecule has 0 radical (unpaired) electrons. The summed E-state index contributed by atoms with van der Waals surface area (Å²) < 4.78 is 0. The molecule has 1 fully saturated rings. The molecule has 116 valence electrons. The predicted octanol–water partition coefficient (Wildman–Crippen LogP) is -0.420. The second-order valence-electron chi connectivity index (χ2n) is 5.24. The monoisotopic (exact) mass is 307 g/mol. The van der Waals surface area contributed by atoms with Crippen molar-refractivity contribution < 1.29 is 24.7 Å². The van der Waals surface area contributed by atoms with Gasteiger partial charge in [-0.05, 0) is 18.9 Å². The topological polar surface area (TPSA) is 133 Å². The third kappa shape index (κ3) is 2.15. The Morgan fingerprint density at radius 2 is 1.86 bits per heavy atom. The number of amides is 2. The minimum absolute atomic E-state index is 0.0440. The van der Waals surface area contributed by atoms with Gasteiger partial charge in [-0.15, -0.1) is 0 Å². The predicted molar refractivity (Wildman–Crippen MR) is 71.8 cm³/mol. The number of fused-ring (bicyclic) bond motifs is 1. The molecule has 9 heteroatoms. The Morgan fingerprint density at radius 3 is 2.50 bits per heavy atom. The summed E-state index contributed by atoms with van der Waals surface area (Å²) in [6, 6.07) is 2.64. The van der Waals surface area contributed by atoms with E-state index in [1.807, 2.05) is 0 Å². The van der Waals surface area contributed by atoms with Crippen LogP contribution in [0.15, 0.2) is 18.2 Å². The molecule has 3 N–H and O–H groups in total. The van der Waals surface area contributed by atoms with Gasteiger partial charge in [0, 0.05) is 12.1 Å². The van der Waals surface area contributed by atoms with Gasteiger partial charge in [0.25, 0.3) is 17.5 Å². The number of hydrogen-bond acceptors (Lipinski definition) is 7. The van der Waals surface area contributed by atoms with E-state index in [9.17, 15) is 29.9 Å². The molecule has 1 saturated heterocycles. The fourth-order valence-corrected chi connectivity index (χ4v) is 2.81. The number of hydrogen-bond donors (Lipinski definition) is 3. The molecule has 3 atom stereocenters. The summed E-state index contributed by atoms with van der Waals surface area (Å²) in [7, 11) is 0. The van der Waals surface area contributed by atoms with Crippen LogP contribution in [-0.2, 0) is 0 Å². The van der Waals surface area contributed by atoms with E-state index < -0.39 is 35.2 Å². The van der Waals surface area contributed by atoms with E-state index in [1.165, 1.54) is 6.07 Å². The summed E-state index contributed by atoms with van der Waals surface area (Å²) in [4.78, 5) is 35.8. The Bertz CT molecular complexity index is 676. The van der Waals surface area contributed by atoms with Crippen LogP contribution in [0.5, 0.6) is 0 Å². The maximum Gasteiger partial charge on any atom is 0.270 e. The molecule has 1 aromatic carbocycles. The van der Waals surface area contributed by atoms with Crippen molar-refractivity contribution in [3.8, 4) is 0 Å². The Balaban J connectivity index is 1.94. The molecular formula is C13H13N3O6. The standard InChI is InChI=1S/C13H13N3O6/c17-10-4-3-9(11(18)14-10)15-12(19)7-2-1-6(16(21)22)5-8(7)13(15)20/h1-2,5,9-11,14,17-18H,3-4H2. The van der Waals surface area contributed by atoms with Gasteiger partial charge in [0.15, 0.2) is 0 Å². The summed E-state index contributed by atoms with van der Waals surface area (Å²) in [5.74, 6) is -1.27. The van der Waals surface area contributed by atoms with Crippen LogP contribution in [0.1, 0.15) is 33.6 Å². The molecule has 0 aliphatic carbocycles. The average Bonchev–Trinajstić information content (AvgIpc) is 2.71. The second-order valence-corrected chi connectivity index (χ2v) is 5.24. The highest BCUT2D eigenvalue weighted by Gasteiger charge is 2.44. The Labute approximate surface area is 124 Å². The molecule has 2 heterocycles. The minimum atomic E-state index is -1.25. The van der Waals surface area contributed by atoms with Gasteiger partial charge in [-0.2, -0.15) is 0 Å². The smallest absolute Gasteiger partial charge is 0.270 e. The van der Waals surface area contributed by atoms with Crippen LogP contribution >= 0.6 is 0 Å². The van der Waals surface area contributed by atoms with Crippen LogP contribution in [0.25, 0.3) is 0 Å². The lowest BCUT2D eigenvalue weighted by atomic mass is 10.0. The number of aliphatic hydroxyl groups excluding tert-OH is 2. The zero-order valence-electron chi connectivity index (χ0n) is 11.3. The SMILES string of the molecule is O=C1c2ccc([N+](=O)[O-])cc2C(=O)N1C1CCC(O)NC1O. The second kappa shape index (κ2) is 5.13. The van der Waals surface area contributed by atoms with E-state index >= 15 is 0 Å². The zero-order chi connectivity index (χ0) is 16.0. The molecule has 1 aromatic rings. The lowest BCUT2D eigenvalue weighted by Crippen LogP contribution is -2.58. The first-order valence-corrected chi connectivity index (χ1v) is 6.68. The number of benzene rings is 1. The average molecular weight is 307 g/mol. The molecular weight excluding hydrogens is 294 g/mol. The maximum atomic E-state index is 12.4. The molecule has 0 aromatic heterocycles. The molecule has 3 rings (SSSR count). The van der Waals surface area contributed by atoms with E-state index in [0.717, 1.165) is 17.0 Å². The van der Waals surface area contributed by atoms with Crippen molar-refractivity contribution in [2.75, 3.05) is 0 Å². The number of carbonyl (C=O) groups is 2. The van der Waals surface area contributed by atoms with Gasteiger partial charge in [0.1, 0.15) is 12.5 Å². The van der Waals surface area contributed by atoms with Crippen LogP contribution in [0.3, 0.4) is 0 Å². The van der Waals surface area contributed by atoms with Gasteiger partial charge in [-0.1, -0.05) is 0 Å². The lowest BCUT2D eigenvalue weighted by molar-refractivity contribution is -0.384. The molecule has 0 bridgehead atoms. The van der Waals surface area contributed by atoms with E-state index in [2.05, 4.69) is 5.32 Å². The van der Waals surface area contributed by atoms with E-state index in [1.54, 1.807) is 0 Å². The number of nitro benzene ring substituents is 1.